The highest BCUT2D eigenvalue weighted by molar-refractivity contribution is 5.77. The zero-order chi connectivity index (χ0) is 15.2. The average Bonchev–Trinajstić information content (AvgIpc) is 2.33. The summed E-state index contributed by atoms with van der Waals surface area (Å²) in [6.45, 7) is 4.28. The molecule has 1 fully saturated rings. The summed E-state index contributed by atoms with van der Waals surface area (Å²) in [6, 6.07) is 0.0957. The van der Waals surface area contributed by atoms with Crippen LogP contribution in [0.15, 0.2) is 0 Å². The van der Waals surface area contributed by atoms with E-state index < -0.39 is 5.97 Å². The smallest absolute Gasteiger partial charge is 0.306 e. The van der Waals surface area contributed by atoms with Crippen LogP contribution in [0.1, 0.15) is 58.8 Å². The number of hydrogen-bond donors (Lipinski definition) is 3. The highest BCUT2D eigenvalue weighted by atomic mass is 16.4. The Morgan fingerprint density at radius 1 is 1.30 bits per heavy atom. The van der Waals surface area contributed by atoms with E-state index in [4.69, 9.17) is 10.8 Å². The van der Waals surface area contributed by atoms with Crippen LogP contribution < -0.4 is 11.1 Å². The Kier molecular flexibility index (Phi) is 6.46. The van der Waals surface area contributed by atoms with Gasteiger partial charge in [-0.25, -0.2) is 0 Å². The van der Waals surface area contributed by atoms with Gasteiger partial charge in [0.1, 0.15) is 0 Å². The first-order chi connectivity index (χ1) is 9.38. The van der Waals surface area contributed by atoms with Crippen molar-refractivity contribution in [3.8, 4) is 0 Å². The summed E-state index contributed by atoms with van der Waals surface area (Å²) in [5.41, 5.74) is 5.80. The summed E-state index contributed by atoms with van der Waals surface area (Å²) in [5.74, 6) is -0.987. The highest BCUT2D eigenvalue weighted by Gasteiger charge is 2.37. The molecule has 1 aliphatic carbocycles. The van der Waals surface area contributed by atoms with Gasteiger partial charge >= 0.3 is 5.97 Å². The number of hydrogen-bond acceptors (Lipinski definition) is 3. The van der Waals surface area contributed by atoms with Gasteiger partial charge in [0.05, 0.1) is 5.92 Å². The second-order valence-corrected chi connectivity index (χ2v) is 6.37. The van der Waals surface area contributed by atoms with Gasteiger partial charge in [0, 0.05) is 12.5 Å². The minimum atomic E-state index is -0.753. The first-order valence-corrected chi connectivity index (χ1v) is 7.61. The maximum atomic E-state index is 12.0. The van der Waals surface area contributed by atoms with Gasteiger partial charge in [-0.15, -0.1) is 0 Å². The first-order valence-electron chi connectivity index (χ1n) is 7.61. The number of nitrogens with two attached hydrogens (primary N) is 1. The predicted molar refractivity (Wildman–Crippen MR) is 78.2 cm³/mol. The molecule has 0 heterocycles. The van der Waals surface area contributed by atoms with E-state index in [9.17, 15) is 9.59 Å². The van der Waals surface area contributed by atoms with Crippen LogP contribution in [0.4, 0.5) is 0 Å². The van der Waals surface area contributed by atoms with Gasteiger partial charge in [0.2, 0.25) is 5.91 Å². The normalized spacial score (nSPS) is 19.8. The lowest BCUT2D eigenvalue weighted by Crippen LogP contribution is -2.43. The fraction of sp³-hybridized carbons (Fsp3) is 0.867. The van der Waals surface area contributed by atoms with E-state index in [0.717, 1.165) is 25.7 Å². The van der Waals surface area contributed by atoms with Crippen molar-refractivity contribution in [3.05, 3.63) is 0 Å². The van der Waals surface area contributed by atoms with E-state index in [0.29, 0.717) is 19.4 Å². The van der Waals surface area contributed by atoms with Crippen LogP contribution >= 0.6 is 0 Å². The SMILES string of the molecule is CC(CCCC(C)C(=O)O)NC(=O)CC1(CN)CCC1. The molecule has 5 nitrogen and oxygen atoms in total. The van der Waals surface area contributed by atoms with Crippen LogP contribution in [0, 0.1) is 11.3 Å². The third-order valence-electron chi connectivity index (χ3n) is 4.49. The number of carbonyl (C=O) groups excluding carboxylic acids is 1. The molecule has 0 aromatic carbocycles. The quantitative estimate of drug-likeness (QED) is 0.603. The summed E-state index contributed by atoms with van der Waals surface area (Å²) in [4.78, 5) is 22.7. The zero-order valence-corrected chi connectivity index (χ0v) is 12.7. The van der Waals surface area contributed by atoms with Gasteiger partial charge in [-0.3, -0.25) is 9.59 Å². The van der Waals surface area contributed by atoms with Crippen LogP contribution in [-0.2, 0) is 9.59 Å². The Balaban J connectivity index is 2.19. The number of rotatable bonds is 9. The monoisotopic (exact) mass is 284 g/mol. The number of aliphatic carboxylic acids is 1. The standard InChI is InChI=1S/C15H28N2O3/c1-11(14(19)20)5-3-6-12(2)17-13(18)9-15(10-16)7-4-8-15/h11-12H,3-10,16H2,1-2H3,(H,17,18)(H,19,20). The fourth-order valence-corrected chi connectivity index (χ4v) is 2.72. The van der Waals surface area contributed by atoms with E-state index in [1.165, 1.54) is 6.42 Å². The molecule has 0 aromatic rings. The van der Waals surface area contributed by atoms with Gasteiger partial charge in [-0.1, -0.05) is 19.8 Å². The van der Waals surface area contributed by atoms with Crippen molar-refractivity contribution >= 4 is 11.9 Å². The van der Waals surface area contributed by atoms with E-state index in [2.05, 4.69) is 5.32 Å². The van der Waals surface area contributed by atoms with Gasteiger partial charge in [-0.2, -0.15) is 0 Å². The molecule has 5 heteroatoms. The van der Waals surface area contributed by atoms with Crippen molar-refractivity contribution in [1.82, 2.24) is 5.32 Å². The molecule has 0 aromatic heterocycles. The number of carbonyl (C=O) groups is 2. The lowest BCUT2D eigenvalue weighted by molar-refractivity contribution is -0.141. The van der Waals surface area contributed by atoms with Crippen LogP contribution in [-0.4, -0.2) is 29.6 Å². The highest BCUT2D eigenvalue weighted by Crippen LogP contribution is 2.42. The molecule has 20 heavy (non-hydrogen) atoms. The Hall–Kier alpha value is -1.10. The Morgan fingerprint density at radius 3 is 2.40 bits per heavy atom. The molecule has 0 aliphatic heterocycles. The molecule has 0 saturated heterocycles. The maximum Gasteiger partial charge on any atom is 0.306 e. The third-order valence-corrected chi connectivity index (χ3v) is 4.49. The summed E-state index contributed by atoms with van der Waals surface area (Å²) in [6.07, 6.45) is 6.10. The van der Waals surface area contributed by atoms with Crippen LogP contribution in [0.2, 0.25) is 0 Å². The van der Waals surface area contributed by atoms with E-state index in [1.807, 2.05) is 6.92 Å². The molecule has 1 aliphatic rings. The van der Waals surface area contributed by atoms with Crippen LogP contribution in [0.5, 0.6) is 0 Å². The van der Waals surface area contributed by atoms with Crippen molar-refractivity contribution < 1.29 is 14.7 Å². The molecule has 2 atom stereocenters. The molecule has 2 unspecified atom stereocenters. The van der Waals surface area contributed by atoms with Crippen molar-refractivity contribution in [2.45, 2.75) is 64.8 Å². The largest absolute Gasteiger partial charge is 0.481 e. The molecule has 0 spiro atoms. The summed E-state index contributed by atoms with van der Waals surface area (Å²) >= 11 is 0. The lowest BCUT2D eigenvalue weighted by atomic mass is 9.66. The van der Waals surface area contributed by atoms with E-state index in [-0.39, 0.29) is 23.3 Å². The molecule has 116 valence electrons. The summed E-state index contributed by atoms with van der Waals surface area (Å²) in [5, 5.41) is 11.8. The fourth-order valence-electron chi connectivity index (χ4n) is 2.72. The minimum Gasteiger partial charge on any atom is -0.481 e. The minimum absolute atomic E-state index is 0.0433. The topological polar surface area (TPSA) is 92.4 Å². The van der Waals surface area contributed by atoms with Gasteiger partial charge in [0.25, 0.3) is 0 Å². The number of nitrogens with one attached hydrogen (secondary N) is 1. The molecule has 0 radical (unpaired) electrons. The molecule has 0 bridgehead atoms. The van der Waals surface area contributed by atoms with Crippen molar-refractivity contribution in [1.29, 1.82) is 0 Å². The van der Waals surface area contributed by atoms with Gasteiger partial charge < -0.3 is 16.2 Å². The van der Waals surface area contributed by atoms with E-state index in [1.54, 1.807) is 6.92 Å². The molecular weight excluding hydrogens is 256 g/mol. The number of carboxylic acids is 1. The summed E-state index contributed by atoms with van der Waals surface area (Å²) < 4.78 is 0. The molecular formula is C15H28N2O3. The van der Waals surface area contributed by atoms with Gasteiger partial charge in [-0.05, 0) is 44.6 Å². The first kappa shape index (κ1) is 17.0. The van der Waals surface area contributed by atoms with Crippen LogP contribution in [0.3, 0.4) is 0 Å². The Morgan fingerprint density at radius 2 is 1.95 bits per heavy atom. The Bertz CT molecular complexity index is 335. The van der Waals surface area contributed by atoms with Crippen molar-refractivity contribution in [2.75, 3.05) is 6.54 Å². The van der Waals surface area contributed by atoms with Crippen molar-refractivity contribution in [2.24, 2.45) is 17.1 Å². The molecule has 1 rings (SSSR count). The van der Waals surface area contributed by atoms with Gasteiger partial charge in [0.15, 0.2) is 0 Å². The summed E-state index contributed by atoms with van der Waals surface area (Å²) in [7, 11) is 0. The predicted octanol–water partition coefficient (Wildman–Crippen LogP) is 1.90. The van der Waals surface area contributed by atoms with E-state index >= 15 is 0 Å². The second-order valence-electron chi connectivity index (χ2n) is 6.37. The van der Waals surface area contributed by atoms with Crippen LogP contribution in [0.25, 0.3) is 0 Å². The molecule has 4 N–H and O–H groups in total. The zero-order valence-electron chi connectivity index (χ0n) is 12.7. The maximum absolute atomic E-state index is 12.0. The third kappa shape index (κ3) is 5.12. The second kappa shape index (κ2) is 7.62. The lowest BCUT2D eigenvalue weighted by Gasteiger charge is -2.40. The van der Waals surface area contributed by atoms with Crippen molar-refractivity contribution in [3.63, 3.8) is 0 Å². The Labute approximate surface area is 121 Å². The average molecular weight is 284 g/mol. The molecule has 1 saturated carbocycles. The number of carboxylic acid groups (broad SMARTS) is 1. The number of amides is 1. The molecule has 1 amide bonds.